The van der Waals surface area contributed by atoms with Crippen LogP contribution >= 0.6 is 0 Å². The highest BCUT2D eigenvalue weighted by Gasteiger charge is 2.44. The maximum Gasteiger partial charge on any atom is 0.194 e. The molecule has 3 fully saturated rings. The molecule has 3 atom stereocenters. The van der Waals surface area contributed by atoms with Crippen molar-refractivity contribution in [3.63, 3.8) is 0 Å². The number of nitrogens with zero attached hydrogens (tertiary/aromatic N) is 2. The van der Waals surface area contributed by atoms with Crippen LogP contribution in [-0.2, 0) is 9.47 Å². The Morgan fingerprint density at radius 3 is 2.76 bits per heavy atom. The molecule has 0 bridgehead atoms. The molecule has 3 rings (SSSR count). The molecule has 1 N–H and O–H groups in total. The molecule has 1 saturated heterocycles. The summed E-state index contributed by atoms with van der Waals surface area (Å²) in [5, 5.41) is 3.79. The molecule has 144 valence electrons. The number of hydrogen-bond acceptors (Lipinski definition) is 3. The van der Waals surface area contributed by atoms with Crippen molar-refractivity contribution in [2.45, 2.75) is 57.9 Å². The van der Waals surface area contributed by atoms with Crippen LogP contribution in [-0.4, -0.2) is 63.5 Å². The standard InChI is InChI=1S/C20H37N3O2/c1-3-21-20(22-19-13-18(19)17-7-5-4-6-8-17)23-10-9-16(14-23)15-25-12-11-24-2/h16-19H,3-15H2,1-2H3,(H,21,22). The summed E-state index contributed by atoms with van der Waals surface area (Å²) in [6.07, 6.45) is 9.80. The smallest absolute Gasteiger partial charge is 0.194 e. The predicted octanol–water partition coefficient (Wildman–Crippen LogP) is 2.91. The predicted molar refractivity (Wildman–Crippen MR) is 102 cm³/mol. The molecule has 1 aliphatic heterocycles. The van der Waals surface area contributed by atoms with Crippen LogP contribution in [0.15, 0.2) is 4.99 Å². The van der Waals surface area contributed by atoms with Gasteiger partial charge in [-0.2, -0.15) is 0 Å². The molecule has 3 aliphatic rings. The number of nitrogens with one attached hydrogen (secondary N) is 1. The third-order valence-corrected chi connectivity index (χ3v) is 6.09. The lowest BCUT2D eigenvalue weighted by atomic mass is 9.85. The second-order valence-electron chi connectivity index (χ2n) is 8.01. The molecule has 5 nitrogen and oxygen atoms in total. The molecule has 0 aromatic heterocycles. The lowest BCUT2D eigenvalue weighted by Gasteiger charge is -2.24. The topological polar surface area (TPSA) is 46.1 Å². The molecule has 0 amide bonds. The fourth-order valence-corrected chi connectivity index (χ4v) is 4.57. The number of methoxy groups -OCH3 is 1. The van der Waals surface area contributed by atoms with Crippen LogP contribution < -0.4 is 5.32 Å². The number of likely N-dealkylation sites (tertiary alicyclic amines) is 1. The summed E-state index contributed by atoms with van der Waals surface area (Å²) in [7, 11) is 1.72. The van der Waals surface area contributed by atoms with Crippen molar-refractivity contribution in [1.29, 1.82) is 0 Å². The van der Waals surface area contributed by atoms with E-state index in [0.717, 1.165) is 44.0 Å². The zero-order valence-electron chi connectivity index (χ0n) is 16.2. The van der Waals surface area contributed by atoms with Crippen LogP contribution in [0, 0.1) is 17.8 Å². The van der Waals surface area contributed by atoms with Crippen molar-refractivity contribution in [3.05, 3.63) is 0 Å². The summed E-state index contributed by atoms with van der Waals surface area (Å²) in [6, 6.07) is 0.672. The maximum atomic E-state index is 5.72. The normalized spacial score (nSPS) is 30.7. The first-order valence-corrected chi connectivity index (χ1v) is 10.4. The number of aliphatic imine (C=N–C) groups is 1. The molecule has 0 spiro atoms. The Morgan fingerprint density at radius 1 is 1.16 bits per heavy atom. The maximum absolute atomic E-state index is 5.72. The molecule has 3 unspecified atom stereocenters. The first-order chi connectivity index (χ1) is 12.3. The molecular formula is C20H37N3O2. The number of guanidine groups is 1. The highest BCUT2D eigenvalue weighted by atomic mass is 16.5. The average molecular weight is 352 g/mol. The van der Waals surface area contributed by atoms with Gasteiger partial charge in [0.05, 0.1) is 19.8 Å². The summed E-state index contributed by atoms with van der Waals surface area (Å²) >= 11 is 0. The van der Waals surface area contributed by atoms with E-state index in [4.69, 9.17) is 14.5 Å². The fourth-order valence-electron chi connectivity index (χ4n) is 4.57. The highest BCUT2D eigenvalue weighted by molar-refractivity contribution is 5.81. The lowest BCUT2D eigenvalue weighted by molar-refractivity contribution is 0.0536. The van der Waals surface area contributed by atoms with Crippen molar-refractivity contribution < 1.29 is 9.47 Å². The van der Waals surface area contributed by atoms with E-state index in [1.54, 1.807) is 7.11 Å². The largest absolute Gasteiger partial charge is 0.382 e. The van der Waals surface area contributed by atoms with Gasteiger partial charge in [-0.15, -0.1) is 0 Å². The monoisotopic (exact) mass is 351 g/mol. The van der Waals surface area contributed by atoms with Crippen LogP contribution in [0.1, 0.15) is 51.9 Å². The third kappa shape index (κ3) is 5.58. The Labute approximate surface area is 153 Å². The second kappa shape index (κ2) is 9.77. The summed E-state index contributed by atoms with van der Waals surface area (Å²) in [5.41, 5.74) is 0. The Kier molecular flexibility index (Phi) is 7.41. The zero-order chi connectivity index (χ0) is 17.5. The summed E-state index contributed by atoms with van der Waals surface area (Å²) in [4.78, 5) is 7.23. The molecule has 25 heavy (non-hydrogen) atoms. The Balaban J connectivity index is 1.42. The van der Waals surface area contributed by atoms with Crippen molar-refractivity contribution in [1.82, 2.24) is 10.2 Å². The van der Waals surface area contributed by atoms with E-state index in [1.807, 2.05) is 0 Å². The third-order valence-electron chi connectivity index (χ3n) is 6.09. The van der Waals surface area contributed by atoms with Crippen LogP contribution in [0.4, 0.5) is 0 Å². The van der Waals surface area contributed by atoms with Gasteiger partial charge in [-0.25, -0.2) is 0 Å². The van der Waals surface area contributed by atoms with Crippen molar-refractivity contribution in [3.8, 4) is 0 Å². The SMILES string of the molecule is CCN=C(NC1CC1C1CCCCC1)N1CCC(COCCOC)C1. The lowest BCUT2D eigenvalue weighted by Crippen LogP contribution is -2.42. The molecule has 2 aliphatic carbocycles. The van der Waals surface area contributed by atoms with E-state index in [9.17, 15) is 0 Å². The molecule has 2 saturated carbocycles. The number of hydrogen-bond donors (Lipinski definition) is 1. The Hall–Kier alpha value is -0.810. The van der Waals surface area contributed by atoms with E-state index in [1.165, 1.54) is 44.9 Å². The molecule has 0 aromatic carbocycles. The molecule has 0 radical (unpaired) electrons. The summed E-state index contributed by atoms with van der Waals surface area (Å²) < 4.78 is 10.8. The molecule has 5 heteroatoms. The van der Waals surface area contributed by atoms with Gasteiger partial charge in [0.15, 0.2) is 5.96 Å². The van der Waals surface area contributed by atoms with Crippen LogP contribution in [0.3, 0.4) is 0 Å². The zero-order valence-corrected chi connectivity index (χ0v) is 16.2. The van der Waals surface area contributed by atoms with Gasteiger partial charge in [-0.3, -0.25) is 4.99 Å². The first-order valence-electron chi connectivity index (χ1n) is 10.4. The molecular weight excluding hydrogens is 314 g/mol. The second-order valence-corrected chi connectivity index (χ2v) is 8.01. The van der Waals surface area contributed by atoms with Gasteiger partial charge >= 0.3 is 0 Å². The van der Waals surface area contributed by atoms with Gasteiger partial charge in [0, 0.05) is 38.7 Å². The van der Waals surface area contributed by atoms with Gasteiger partial charge in [0.1, 0.15) is 0 Å². The summed E-state index contributed by atoms with van der Waals surface area (Å²) in [6.45, 7) is 7.39. The van der Waals surface area contributed by atoms with E-state index in [0.29, 0.717) is 25.2 Å². The van der Waals surface area contributed by atoms with E-state index in [2.05, 4.69) is 17.1 Å². The van der Waals surface area contributed by atoms with Crippen LogP contribution in [0.25, 0.3) is 0 Å². The highest BCUT2D eigenvalue weighted by Crippen LogP contribution is 2.44. The fraction of sp³-hybridized carbons (Fsp3) is 0.950. The number of rotatable bonds is 8. The van der Waals surface area contributed by atoms with Gasteiger partial charge in [0.2, 0.25) is 0 Å². The first kappa shape index (κ1) is 19.0. The van der Waals surface area contributed by atoms with Crippen molar-refractivity contribution >= 4 is 5.96 Å². The average Bonchev–Trinajstić information content (AvgIpc) is 3.25. The van der Waals surface area contributed by atoms with Crippen molar-refractivity contribution in [2.75, 3.05) is 46.6 Å². The number of ether oxygens (including phenoxy) is 2. The minimum atomic E-state index is 0.619. The van der Waals surface area contributed by atoms with Gasteiger partial charge in [-0.1, -0.05) is 32.1 Å². The van der Waals surface area contributed by atoms with Crippen molar-refractivity contribution in [2.24, 2.45) is 22.7 Å². The van der Waals surface area contributed by atoms with Gasteiger partial charge in [0.25, 0.3) is 0 Å². The quantitative estimate of drug-likeness (QED) is 0.415. The van der Waals surface area contributed by atoms with E-state index >= 15 is 0 Å². The minimum absolute atomic E-state index is 0.619. The van der Waals surface area contributed by atoms with E-state index < -0.39 is 0 Å². The Morgan fingerprint density at radius 2 is 2.00 bits per heavy atom. The molecule has 1 heterocycles. The van der Waals surface area contributed by atoms with E-state index in [-0.39, 0.29) is 0 Å². The van der Waals surface area contributed by atoms with Gasteiger partial charge < -0.3 is 19.7 Å². The van der Waals surface area contributed by atoms with Crippen LogP contribution in [0.5, 0.6) is 0 Å². The Bertz CT molecular complexity index is 423. The summed E-state index contributed by atoms with van der Waals surface area (Å²) in [5.74, 6) is 3.63. The minimum Gasteiger partial charge on any atom is -0.382 e. The molecule has 0 aromatic rings. The van der Waals surface area contributed by atoms with Crippen LogP contribution in [0.2, 0.25) is 0 Å². The van der Waals surface area contributed by atoms with Gasteiger partial charge in [-0.05, 0) is 31.6 Å².